The average Bonchev–Trinajstić information content (AvgIpc) is 2.17. The summed E-state index contributed by atoms with van der Waals surface area (Å²) in [5, 5.41) is 11.5. The van der Waals surface area contributed by atoms with Crippen molar-refractivity contribution in [2.45, 2.75) is 13.3 Å². The van der Waals surface area contributed by atoms with Crippen molar-refractivity contribution in [2.75, 3.05) is 5.32 Å². The molecule has 1 N–H and O–H groups in total. The molecule has 1 aromatic carbocycles. The molecule has 1 aromatic rings. The Kier molecular flexibility index (Phi) is 3.95. The fraction of sp³-hybridized carbons (Fsp3) is 0.182. The molecule has 76 valence electrons. The summed E-state index contributed by atoms with van der Waals surface area (Å²) in [6.45, 7) is 1.49. The molecular weight excluding hydrogens is 208 g/mol. The maximum Gasteiger partial charge on any atom is 0.136 e. The number of nitrogens with zero attached hydrogens (tertiary/aromatic N) is 1. The van der Waals surface area contributed by atoms with Gasteiger partial charge in [-0.05, 0) is 31.2 Å². The first-order chi connectivity index (χ1) is 7.11. The number of Topliss-reactive ketones (excluding diaryl/α,β-unsaturated/α-hetero) is 1. The lowest BCUT2D eigenvalue weighted by Crippen LogP contribution is -2.12. The second-order valence-electron chi connectivity index (χ2n) is 3.12. The van der Waals surface area contributed by atoms with Gasteiger partial charge in [0, 0.05) is 5.69 Å². The van der Waals surface area contributed by atoms with E-state index in [-0.39, 0.29) is 12.2 Å². The van der Waals surface area contributed by atoms with Gasteiger partial charge in [-0.3, -0.25) is 4.79 Å². The number of benzene rings is 1. The molecule has 0 spiro atoms. The first-order valence-electron chi connectivity index (χ1n) is 4.41. The molecule has 0 aliphatic carbocycles. The summed E-state index contributed by atoms with van der Waals surface area (Å²) in [6.07, 6.45) is 0.245. The normalized spacial score (nSPS) is 9.07. The van der Waals surface area contributed by atoms with Crippen molar-refractivity contribution in [2.24, 2.45) is 0 Å². The average molecular weight is 218 g/mol. The summed E-state index contributed by atoms with van der Waals surface area (Å²) in [5.74, 6) is 0.0288. The van der Waals surface area contributed by atoms with E-state index < -0.39 is 0 Å². The van der Waals surface area contributed by atoms with Gasteiger partial charge >= 0.3 is 0 Å². The van der Waals surface area contributed by atoms with Gasteiger partial charge in [-0.25, -0.2) is 0 Å². The quantitative estimate of drug-likeness (QED) is 0.791. The van der Waals surface area contributed by atoms with Gasteiger partial charge in [0.1, 0.15) is 5.78 Å². The number of carbonyl (C=O) groups is 1. The van der Waals surface area contributed by atoms with Gasteiger partial charge in [-0.1, -0.05) is 12.2 Å². The summed E-state index contributed by atoms with van der Waals surface area (Å²) < 4.78 is 0. The molecule has 0 unspecified atom stereocenters. The van der Waals surface area contributed by atoms with Gasteiger partial charge in [0.25, 0.3) is 0 Å². The zero-order chi connectivity index (χ0) is 11.3. The minimum Gasteiger partial charge on any atom is -0.350 e. The first-order valence-corrected chi connectivity index (χ1v) is 4.82. The standard InChI is InChI=1S/C11H10N2OS/c1-8(14)6-11(15)13-10-4-2-9(7-12)3-5-10/h2-5H,6H2,1H3,(H,13,15). The van der Waals surface area contributed by atoms with Gasteiger partial charge in [-0.2, -0.15) is 5.26 Å². The molecule has 1 rings (SSSR count). The van der Waals surface area contributed by atoms with Crippen molar-refractivity contribution < 1.29 is 4.79 Å². The predicted octanol–water partition coefficient (Wildman–Crippen LogP) is 2.28. The van der Waals surface area contributed by atoms with Crippen LogP contribution in [-0.4, -0.2) is 10.8 Å². The van der Waals surface area contributed by atoms with Crippen LogP contribution in [0.1, 0.15) is 18.9 Å². The largest absolute Gasteiger partial charge is 0.350 e. The number of ketones is 1. The molecule has 0 aliphatic rings. The van der Waals surface area contributed by atoms with Crippen LogP contribution in [0, 0.1) is 11.3 Å². The predicted molar refractivity (Wildman–Crippen MR) is 62.7 cm³/mol. The van der Waals surface area contributed by atoms with E-state index in [1.807, 2.05) is 6.07 Å². The van der Waals surface area contributed by atoms with Gasteiger partial charge < -0.3 is 5.32 Å². The minimum absolute atomic E-state index is 0.0288. The molecule has 0 aliphatic heterocycles. The summed E-state index contributed by atoms with van der Waals surface area (Å²) in [4.78, 5) is 11.3. The van der Waals surface area contributed by atoms with E-state index in [9.17, 15) is 4.79 Å². The van der Waals surface area contributed by atoms with E-state index in [1.54, 1.807) is 24.3 Å². The van der Waals surface area contributed by atoms with Gasteiger partial charge in [0.2, 0.25) is 0 Å². The number of carbonyl (C=O) groups excluding carboxylic acids is 1. The molecule has 4 heteroatoms. The number of hydrogen-bond acceptors (Lipinski definition) is 3. The van der Waals surface area contributed by atoms with Crippen LogP contribution in [0.25, 0.3) is 0 Å². The van der Waals surface area contributed by atoms with Crippen molar-refractivity contribution in [1.82, 2.24) is 0 Å². The molecule has 0 heterocycles. The lowest BCUT2D eigenvalue weighted by Gasteiger charge is -2.05. The molecule has 0 aromatic heterocycles. The van der Waals surface area contributed by atoms with Crippen LogP contribution in [0.2, 0.25) is 0 Å². The lowest BCUT2D eigenvalue weighted by molar-refractivity contribution is -0.115. The Hall–Kier alpha value is -1.73. The fourth-order valence-electron chi connectivity index (χ4n) is 1.06. The van der Waals surface area contributed by atoms with Gasteiger partial charge in [-0.15, -0.1) is 0 Å². The first kappa shape index (κ1) is 11.3. The van der Waals surface area contributed by atoms with Crippen LogP contribution in [0.3, 0.4) is 0 Å². The number of rotatable bonds is 3. The van der Waals surface area contributed by atoms with E-state index >= 15 is 0 Å². The molecule has 3 nitrogen and oxygen atoms in total. The van der Waals surface area contributed by atoms with E-state index in [0.717, 1.165) is 5.69 Å². The number of thiocarbonyl (C=S) groups is 1. The molecule has 0 amide bonds. The molecule has 0 atom stereocenters. The minimum atomic E-state index is 0.0288. The van der Waals surface area contributed by atoms with Crippen molar-refractivity contribution >= 4 is 28.7 Å². The molecule has 0 fully saturated rings. The zero-order valence-electron chi connectivity index (χ0n) is 8.28. The van der Waals surface area contributed by atoms with E-state index in [1.165, 1.54) is 6.92 Å². The Morgan fingerprint density at radius 2 is 2.07 bits per heavy atom. The zero-order valence-corrected chi connectivity index (χ0v) is 9.10. The Labute approximate surface area is 93.7 Å². The van der Waals surface area contributed by atoms with Crippen LogP contribution < -0.4 is 5.32 Å². The van der Waals surface area contributed by atoms with Gasteiger partial charge in [0.05, 0.1) is 23.0 Å². The number of nitrogens with one attached hydrogen (secondary N) is 1. The molecule has 0 saturated heterocycles. The van der Waals surface area contributed by atoms with Crippen LogP contribution >= 0.6 is 12.2 Å². The summed E-state index contributed by atoms with van der Waals surface area (Å²) in [7, 11) is 0. The van der Waals surface area contributed by atoms with Crippen LogP contribution in [0.5, 0.6) is 0 Å². The third-order valence-electron chi connectivity index (χ3n) is 1.71. The van der Waals surface area contributed by atoms with Crippen LogP contribution in [0.4, 0.5) is 5.69 Å². The third-order valence-corrected chi connectivity index (χ3v) is 1.95. The Morgan fingerprint density at radius 1 is 1.47 bits per heavy atom. The highest BCUT2D eigenvalue weighted by Crippen LogP contribution is 2.09. The summed E-state index contributed by atoms with van der Waals surface area (Å²) in [6, 6.07) is 8.92. The summed E-state index contributed by atoms with van der Waals surface area (Å²) in [5.41, 5.74) is 1.39. The Balaban J connectivity index is 2.62. The van der Waals surface area contributed by atoms with Crippen LogP contribution in [0.15, 0.2) is 24.3 Å². The van der Waals surface area contributed by atoms with Crippen molar-refractivity contribution in [1.29, 1.82) is 5.26 Å². The maximum atomic E-state index is 10.8. The maximum absolute atomic E-state index is 10.8. The topological polar surface area (TPSA) is 52.9 Å². The molecule has 15 heavy (non-hydrogen) atoms. The van der Waals surface area contributed by atoms with E-state index in [0.29, 0.717) is 10.6 Å². The number of anilines is 1. The molecule has 0 bridgehead atoms. The Morgan fingerprint density at radius 3 is 2.53 bits per heavy atom. The van der Waals surface area contributed by atoms with E-state index in [2.05, 4.69) is 5.32 Å². The lowest BCUT2D eigenvalue weighted by atomic mass is 10.2. The van der Waals surface area contributed by atoms with Crippen molar-refractivity contribution in [3.05, 3.63) is 29.8 Å². The molecule has 0 saturated carbocycles. The van der Waals surface area contributed by atoms with Crippen LogP contribution in [-0.2, 0) is 4.79 Å². The summed E-state index contributed by atoms with van der Waals surface area (Å²) >= 11 is 4.98. The molecular formula is C11H10N2OS. The highest BCUT2D eigenvalue weighted by Gasteiger charge is 2.01. The van der Waals surface area contributed by atoms with E-state index in [4.69, 9.17) is 17.5 Å². The number of nitriles is 1. The second kappa shape index (κ2) is 5.23. The highest BCUT2D eigenvalue weighted by atomic mass is 32.1. The smallest absolute Gasteiger partial charge is 0.136 e. The van der Waals surface area contributed by atoms with Gasteiger partial charge in [0.15, 0.2) is 0 Å². The SMILES string of the molecule is CC(=O)CC(=S)Nc1ccc(C#N)cc1. The van der Waals surface area contributed by atoms with Crippen molar-refractivity contribution in [3.63, 3.8) is 0 Å². The number of hydrogen-bond donors (Lipinski definition) is 1. The third kappa shape index (κ3) is 3.88. The highest BCUT2D eigenvalue weighted by molar-refractivity contribution is 7.80. The Bertz CT molecular complexity index is 417. The fourth-order valence-corrected chi connectivity index (χ4v) is 1.38. The van der Waals surface area contributed by atoms with Crippen molar-refractivity contribution in [3.8, 4) is 6.07 Å². The monoisotopic (exact) mass is 218 g/mol. The second-order valence-corrected chi connectivity index (χ2v) is 3.61. The molecule has 0 radical (unpaired) electrons.